The van der Waals surface area contributed by atoms with Gasteiger partial charge in [-0.25, -0.2) is 0 Å². The number of ether oxygens (including phenoxy) is 2. The number of nitrogens with one attached hydrogen (secondary N) is 1. The molecule has 2 rings (SSSR count). The van der Waals surface area contributed by atoms with Crippen LogP contribution in [0.15, 0.2) is 18.2 Å². The van der Waals surface area contributed by atoms with Crippen LogP contribution < -0.4 is 14.8 Å². The van der Waals surface area contributed by atoms with Crippen molar-refractivity contribution in [3.05, 3.63) is 23.8 Å². The lowest BCUT2D eigenvalue weighted by atomic mass is 9.71. The number of benzene rings is 1. The lowest BCUT2D eigenvalue weighted by Gasteiger charge is -2.28. The van der Waals surface area contributed by atoms with Gasteiger partial charge in [0.25, 0.3) is 0 Å². The molecule has 0 saturated carbocycles. The molecule has 0 saturated heterocycles. The van der Waals surface area contributed by atoms with Crippen molar-refractivity contribution in [3.8, 4) is 11.5 Å². The van der Waals surface area contributed by atoms with E-state index in [1.807, 2.05) is 28.8 Å². The molecule has 3 nitrogen and oxygen atoms in total. The standard InChI is InChI=1S/C12H20B3NO2/c1-3-11(13,16-2)7-8-4-5-9-10(6-8)18-12(14,15)17-9/h4-6,16H,3,7,13-15H2,1-2H3. The van der Waals surface area contributed by atoms with Crippen molar-refractivity contribution in [1.29, 1.82) is 0 Å². The van der Waals surface area contributed by atoms with Gasteiger partial charge >= 0.3 is 0 Å². The Morgan fingerprint density at radius 2 is 1.94 bits per heavy atom. The van der Waals surface area contributed by atoms with Crippen molar-refractivity contribution in [1.82, 2.24) is 5.32 Å². The first-order chi connectivity index (χ1) is 8.37. The van der Waals surface area contributed by atoms with E-state index in [-0.39, 0.29) is 5.44 Å². The van der Waals surface area contributed by atoms with Crippen LogP contribution in [-0.4, -0.2) is 41.6 Å². The van der Waals surface area contributed by atoms with E-state index >= 15 is 0 Å². The molecule has 1 aliphatic rings. The molecular formula is C12H20B3NO2. The number of hydrogen-bond donors (Lipinski definition) is 1. The predicted octanol–water partition coefficient (Wildman–Crippen LogP) is -1.16. The SMILES string of the molecule is BC(CC)(Cc1ccc2c(c1)OC(B)(B)O2)NC. The second kappa shape index (κ2) is 4.58. The smallest absolute Gasteiger partial charge is 0.197 e. The van der Waals surface area contributed by atoms with Crippen molar-refractivity contribution >= 4 is 23.5 Å². The maximum absolute atomic E-state index is 5.77. The molecule has 6 heteroatoms. The van der Waals surface area contributed by atoms with Crippen LogP contribution in [0.5, 0.6) is 11.5 Å². The van der Waals surface area contributed by atoms with E-state index in [2.05, 4.69) is 32.2 Å². The van der Waals surface area contributed by atoms with E-state index in [9.17, 15) is 0 Å². The summed E-state index contributed by atoms with van der Waals surface area (Å²) in [5.74, 6) is 1.69. The Hall–Kier alpha value is -1.03. The summed E-state index contributed by atoms with van der Waals surface area (Å²) in [7, 11) is 8.11. The van der Waals surface area contributed by atoms with Crippen LogP contribution in [0.3, 0.4) is 0 Å². The molecule has 18 heavy (non-hydrogen) atoms. The van der Waals surface area contributed by atoms with Crippen LogP contribution in [0.4, 0.5) is 0 Å². The van der Waals surface area contributed by atoms with Crippen molar-refractivity contribution < 1.29 is 9.47 Å². The second-order valence-electron chi connectivity index (χ2n) is 5.73. The van der Waals surface area contributed by atoms with E-state index < -0.39 is 5.59 Å². The summed E-state index contributed by atoms with van der Waals surface area (Å²) in [4.78, 5) is 0. The average Bonchev–Trinajstić information content (AvgIpc) is 2.62. The third kappa shape index (κ3) is 2.69. The first-order valence-corrected chi connectivity index (χ1v) is 6.57. The second-order valence-corrected chi connectivity index (χ2v) is 5.73. The monoisotopic (exact) mass is 243 g/mol. The molecule has 94 valence electrons. The largest absolute Gasteiger partial charge is 0.467 e. The van der Waals surface area contributed by atoms with Crippen LogP contribution in [-0.2, 0) is 6.42 Å². The van der Waals surface area contributed by atoms with E-state index in [4.69, 9.17) is 9.47 Å². The topological polar surface area (TPSA) is 30.5 Å². The number of hydrogen-bond acceptors (Lipinski definition) is 3. The van der Waals surface area contributed by atoms with Gasteiger partial charge in [0.05, 0.1) is 0 Å². The van der Waals surface area contributed by atoms with Gasteiger partial charge in [0.2, 0.25) is 0 Å². The molecular weight excluding hydrogens is 223 g/mol. The first kappa shape index (κ1) is 13.4. The van der Waals surface area contributed by atoms with Gasteiger partial charge in [-0.1, -0.05) is 13.0 Å². The minimum atomic E-state index is -0.544. The molecule has 0 bridgehead atoms. The number of rotatable bonds is 4. The molecule has 0 aromatic heterocycles. The molecule has 0 spiro atoms. The van der Waals surface area contributed by atoms with Gasteiger partial charge in [-0.15, -0.1) is 0 Å². The fourth-order valence-electron chi connectivity index (χ4n) is 2.22. The molecule has 1 aromatic carbocycles. The first-order valence-electron chi connectivity index (χ1n) is 6.57. The van der Waals surface area contributed by atoms with Gasteiger partial charge in [0, 0.05) is 0 Å². The predicted molar refractivity (Wildman–Crippen MR) is 81.8 cm³/mol. The molecule has 0 radical (unpaired) electrons. The molecule has 1 heterocycles. The van der Waals surface area contributed by atoms with Gasteiger partial charge in [-0.3, -0.25) is 0 Å². The fraction of sp³-hybridized carbons (Fsp3) is 0.500. The highest BCUT2D eigenvalue weighted by molar-refractivity contribution is 6.38. The number of fused-ring (bicyclic) bond motifs is 1. The van der Waals surface area contributed by atoms with Crippen molar-refractivity contribution in [2.75, 3.05) is 7.05 Å². The third-order valence-electron chi connectivity index (χ3n) is 3.70. The molecule has 1 aromatic rings. The summed E-state index contributed by atoms with van der Waals surface area (Å²) in [6.45, 7) is 2.20. The zero-order valence-electron chi connectivity index (χ0n) is 12.0. The van der Waals surface area contributed by atoms with Crippen LogP contribution in [0.2, 0.25) is 0 Å². The van der Waals surface area contributed by atoms with Crippen LogP contribution >= 0.6 is 0 Å². The Labute approximate surface area is 112 Å². The Morgan fingerprint density at radius 1 is 1.28 bits per heavy atom. The minimum Gasteiger partial charge on any atom is -0.467 e. The minimum absolute atomic E-state index is 0.128. The quantitative estimate of drug-likeness (QED) is 0.676. The highest BCUT2D eigenvalue weighted by Gasteiger charge is 2.31. The van der Waals surface area contributed by atoms with Crippen LogP contribution in [0.25, 0.3) is 0 Å². The van der Waals surface area contributed by atoms with Gasteiger partial charge in [0.1, 0.15) is 7.85 Å². The fourth-order valence-corrected chi connectivity index (χ4v) is 2.22. The summed E-state index contributed by atoms with van der Waals surface area (Å²) in [5.41, 5.74) is 0.857. The molecule has 1 aliphatic heterocycles. The zero-order chi connectivity index (χ0) is 13.4. The maximum Gasteiger partial charge on any atom is 0.197 e. The van der Waals surface area contributed by atoms with E-state index in [0.29, 0.717) is 0 Å². The zero-order valence-corrected chi connectivity index (χ0v) is 12.0. The summed E-state index contributed by atoms with van der Waals surface area (Å²) < 4.78 is 11.5. The summed E-state index contributed by atoms with van der Waals surface area (Å²) in [6.07, 6.45) is 2.07. The normalized spacial score (nSPS) is 19.4. The lowest BCUT2D eigenvalue weighted by molar-refractivity contribution is 0.0833. The summed E-state index contributed by atoms with van der Waals surface area (Å²) >= 11 is 0. The molecule has 0 amide bonds. The summed E-state index contributed by atoms with van der Waals surface area (Å²) in [5, 5.41) is 3.39. The summed E-state index contributed by atoms with van der Waals surface area (Å²) in [6, 6.07) is 6.22. The van der Waals surface area contributed by atoms with Gasteiger partial charge < -0.3 is 14.8 Å². The van der Waals surface area contributed by atoms with Crippen LogP contribution in [0.1, 0.15) is 18.9 Å². The lowest BCUT2D eigenvalue weighted by Crippen LogP contribution is -2.44. The van der Waals surface area contributed by atoms with Gasteiger partial charge in [-0.2, -0.15) is 0 Å². The van der Waals surface area contributed by atoms with Crippen LogP contribution in [0, 0.1) is 0 Å². The Kier molecular flexibility index (Phi) is 3.41. The van der Waals surface area contributed by atoms with E-state index in [0.717, 1.165) is 24.3 Å². The Balaban J connectivity index is 2.19. The highest BCUT2D eigenvalue weighted by atomic mass is 16.7. The maximum atomic E-state index is 5.77. The molecule has 1 atom stereocenters. The molecule has 1 unspecified atom stereocenters. The highest BCUT2D eigenvalue weighted by Crippen LogP contribution is 2.38. The molecule has 1 N–H and O–H groups in total. The van der Waals surface area contributed by atoms with Gasteiger partial charge in [-0.05, 0) is 43.0 Å². The van der Waals surface area contributed by atoms with E-state index in [1.54, 1.807) is 0 Å². The van der Waals surface area contributed by atoms with Crippen molar-refractivity contribution in [2.45, 2.75) is 30.8 Å². The third-order valence-corrected chi connectivity index (χ3v) is 3.70. The average molecular weight is 243 g/mol. The van der Waals surface area contributed by atoms with E-state index in [1.165, 1.54) is 5.56 Å². The molecule has 0 fully saturated rings. The van der Waals surface area contributed by atoms with Crippen molar-refractivity contribution in [2.24, 2.45) is 0 Å². The van der Waals surface area contributed by atoms with Crippen molar-refractivity contribution in [3.63, 3.8) is 0 Å². The van der Waals surface area contributed by atoms with Gasteiger partial charge in [0.15, 0.2) is 32.8 Å². The Bertz CT molecular complexity index is 447. The number of likely N-dealkylation sites (N-methyl/N-ethyl adjacent to an activating group) is 1. The molecule has 0 aliphatic carbocycles. The Morgan fingerprint density at radius 3 is 2.56 bits per heavy atom.